The third-order valence-corrected chi connectivity index (χ3v) is 10.7. The lowest BCUT2D eigenvalue weighted by molar-refractivity contribution is 0.671. The van der Waals surface area contributed by atoms with Crippen molar-refractivity contribution in [1.29, 1.82) is 0 Å². The van der Waals surface area contributed by atoms with Crippen LogP contribution in [0.1, 0.15) is 0 Å². The Balaban J connectivity index is 0.984. The summed E-state index contributed by atoms with van der Waals surface area (Å²) < 4.78 is 9.03. The molecule has 11 aromatic rings. The Morgan fingerprint density at radius 1 is 0.339 bits per heavy atom. The fourth-order valence-electron chi connectivity index (χ4n) is 7.91. The SMILES string of the molecule is c1ccc(-c2ccc(-c3nc(-c4ccccc4)nc(-c4ccc(-c5ccc6oc7c(ccc8c9ccccc9n(-c9ccccc9)c87)c6c5)cc4)n3)cc2)cc1. The molecule has 0 unspecified atom stereocenters. The molecule has 0 aliphatic heterocycles. The van der Waals surface area contributed by atoms with Gasteiger partial charge in [0.15, 0.2) is 23.1 Å². The predicted molar refractivity (Wildman–Crippen MR) is 229 cm³/mol. The molecule has 0 aliphatic carbocycles. The van der Waals surface area contributed by atoms with E-state index in [-0.39, 0.29) is 0 Å². The Kier molecular flexibility index (Phi) is 7.42. The smallest absolute Gasteiger partial charge is 0.164 e. The molecule has 3 aromatic heterocycles. The summed E-state index contributed by atoms with van der Waals surface area (Å²) in [6.45, 7) is 0. The van der Waals surface area contributed by atoms with Crippen molar-refractivity contribution >= 4 is 43.7 Å². The van der Waals surface area contributed by atoms with Gasteiger partial charge < -0.3 is 8.98 Å². The van der Waals surface area contributed by atoms with Crippen LogP contribution in [0.2, 0.25) is 0 Å². The second-order valence-corrected chi connectivity index (χ2v) is 14.0. The second kappa shape index (κ2) is 13.0. The molecule has 56 heavy (non-hydrogen) atoms. The average molecular weight is 717 g/mol. The van der Waals surface area contributed by atoms with Gasteiger partial charge in [0.25, 0.3) is 0 Å². The maximum atomic E-state index is 6.71. The second-order valence-electron chi connectivity index (χ2n) is 14.0. The van der Waals surface area contributed by atoms with Gasteiger partial charge in [0, 0.05) is 43.9 Å². The average Bonchev–Trinajstić information content (AvgIpc) is 3.83. The van der Waals surface area contributed by atoms with Crippen LogP contribution in [-0.4, -0.2) is 19.5 Å². The van der Waals surface area contributed by atoms with E-state index in [1.807, 2.05) is 36.4 Å². The van der Waals surface area contributed by atoms with Gasteiger partial charge >= 0.3 is 0 Å². The van der Waals surface area contributed by atoms with Gasteiger partial charge in [0.05, 0.1) is 11.0 Å². The highest BCUT2D eigenvalue weighted by Crippen LogP contribution is 2.41. The van der Waals surface area contributed by atoms with E-state index in [4.69, 9.17) is 19.4 Å². The van der Waals surface area contributed by atoms with Crippen molar-refractivity contribution in [2.45, 2.75) is 0 Å². The minimum Gasteiger partial charge on any atom is -0.454 e. The molecule has 5 heteroatoms. The van der Waals surface area contributed by atoms with Crippen molar-refractivity contribution in [3.8, 4) is 62.1 Å². The molecule has 0 spiro atoms. The monoisotopic (exact) mass is 716 g/mol. The van der Waals surface area contributed by atoms with Crippen LogP contribution in [0.3, 0.4) is 0 Å². The fraction of sp³-hybridized carbons (Fsp3) is 0. The molecule has 0 fully saturated rings. The van der Waals surface area contributed by atoms with Crippen LogP contribution in [0.4, 0.5) is 0 Å². The van der Waals surface area contributed by atoms with E-state index < -0.39 is 0 Å². The molecule has 0 radical (unpaired) electrons. The molecule has 0 saturated heterocycles. The molecule has 3 heterocycles. The van der Waals surface area contributed by atoms with Crippen LogP contribution in [0.25, 0.3) is 106 Å². The lowest BCUT2D eigenvalue weighted by Crippen LogP contribution is -2.00. The van der Waals surface area contributed by atoms with Gasteiger partial charge in [-0.3, -0.25) is 0 Å². The molecule has 0 N–H and O–H groups in total. The van der Waals surface area contributed by atoms with Gasteiger partial charge in [0.2, 0.25) is 0 Å². The van der Waals surface area contributed by atoms with Crippen molar-refractivity contribution in [2.75, 3.05) is 0 Å². The van der Waals surface area contributed by atoms with Crippen LogP contribution in [-0.2, 0) is 0 Å². The van der Waals surface area contributed by atoms with Crippen molar-refractivity contribution in [2.24, 2.45) is 0 Å². The summed E-state index contributed by atoms with van der Waals surface area (Å²) in [5.74, 6) is 1.90. The summed E-state index contributed by atoms with van der Waals surface area (Å²) in [5.41, 5.74) is 12.4. The Labute approximate surface area is 322 Å². The van der Waals surface area contributed by atoms with Gasteiger partial charge in [-0.05, 0) is 58.7 Å². The first-order valence-electron chi connectivity index (χ1n) is 18.8. The summed E-state index contributed by atoms with van der Waals surface area (Å²) >= 11 is 0. The molecular formula is C51H32N4O. The van der Waals surface area contributed by atoms with Gasteiger partial charge in [0.1, 0.15) is 5.58 Å². The maximum Gasteiger partial charge on any atom is 0.164 e. The van der Waals surface area contributed by atoms with Crippen LogP contribution in [0.15, 0.2) is 199 Å². The predicted octanol–water partition coefficient (Wildman–Crippen LogP) is 13.2. The normalized spacial score (nSPS) is 11.6. The summed E-state index contributed by atoms with van der Waals surface area (Å²) in [6, 6.07) is 67.4. The van der Waals surface area contributed by atoms with E-state index in [1.165, 1.54) is 16.3 Å². The summed E-state index contributed by atoms with van der Waals surface area (Å²) in [5, 5.41) is 4.56. The largest absolute Gasteiger partial charge is 0.454 e. The zero-order valence-electron chi connectivity index (χ0n) is 30.2. The van der Waals surface area contributed by atoms with Crippen LogP contribution >= 0.6 is 0 Å². The third kappa shape index (κ3) is 5.37. The molecule has 8 aromatic carbocycles. The number of furan rings is 1. The van der Waals surface area contributed by atoms with Crippen LogP contribution < -0.4 is 0 Å². The maximum absolute atomic E-state index is 6.71. The highest BCUT2D eigenvalue weighted by Gasteiger charge is 2.19. The molecule has 0 aliphatic rings. The quantitative estimate of drug-likeness (QED) is 0.172. The zero-order valence-corrected chi connectivity index (χ0v) is 30.2. The molecule has 262 valence electrons. The highest BCUT2D eigenvalue weighted by atomic mass is 16.3. The lowest BCUT2D eigenvalue weighted by atomic mass is 10.0. The molecule has 0 amide bonds. The third-order valence-electron chi connectivity index (χ3n) is 10.7. The molecular weight excluding hydrogens is 685 g/mol. The van der Waals surface area contributed by atoms with E-state index in [0.29, 0.717) is 17.5 Å². The van der Waals surface area contributed by atoms with E-state index in [9.17, 15) is 0 Å². The first-order valence-corrected chi connectivity index (χ1v) is 18.8. The van der Waals surface area contributed by atoms with Gasteiger partial charge in [-0.2, -0.15) is 0 Å². The lowest BCUT2D eigenvalue weighted by Gasteiger charge is -2.10. The van der Waals surface area contributed by atoms with E-state index in [0.717, 1.165) is 72.0 Å². The highest BCUT2D eigenvalue weighted by molar-refractivity contribution is 6.21. The topological polar surface area (TPSA) is 56.7 Å². The molecule has 5 nitrogen and oxygen atoms in total. The Morgan fingerprint density at radius 3 is 1.45 bits per heavy atom. The van der Waals surface area contributed by atoms with E-state index in [2.05, 4.69) is 162 Å². The Hall–Kier alpha value is -7.63. The summed E-state index contributed by atoms with van der Waals surface area (Å²) in [7, 11) is 0. The van der Waals surface area contributed by atoms with Crippen molar-refractivity contribution in [1.82, 2.24) is 19.5 Å². The number of hydrogen-bond donors (Lipinski definition) is 0. The Morgan fingerprint density at radius 2 is 0.804 bits per heavy atom. The number of para-hydroxylation sites is 2. The minimum absolute atomic E-state index is 0.627. The molecule has 0 atom stereocenters. The number of benzene rings is 8. The van der Waals surface area contributed by atoms with E-state index in [1.54, 1.807) is 0 Å². The van der Waals surface area contributed by atoms with E-state index >= 15 is 0 Å². The molecule has 0 bridgehead atoms. The number of nitrogens with zero attached hydrogens (tertiary/aromatic N) is 4. The van der Waals surface area contributed by atoms with Gasteiger partial charge in [-0.25, -0.2) is 15.0 Å². The van der Waals surface area contributed by atoms with Crippen molar-refractivity contribution in [3.63, 3.8) is 0 Å². The molecule has 0 saturated carbocycles. The number of hydrogen-bond acceptors (Lipinski definition) is 4. The first kappa shape index (κ1) is 31.9. The number of fused-ring (bicyclic) bond motifs is 7. The fourth-order valence-corrected chi connectivity index (χ4v) is 7.91. The van der Waals surface area contributed by atoms with Crippen molar-refractivity contribution in [3.05, 3.63) is 194 Å². The van der Waals surface area contributed by atoms with Crippen LogP contribution in [0, 0.1) is 0 Å². The molecule has 11 rings (SSSR count). The summed E-state index contributed by atoms with van der Waals surface area (Å²) in [4.78, 5) is 14.9. The zero-order chi connectivity index (χ0) is 37.0. The van der Waals surface area contributed by atoms with Gasteiger partial charge in [-0.15, -0.1) is 0 Å². The van der Waals surface area contributed by atoms with Crippen molar-refractivity contribution < 1.29 is 4.42 Å². The van der Waals surface area contributed by atoms with Crippen LogP contribution in [0.5, 0.6) is 0 Å². The van der Waals surface area contributed by atoms with Gasteiger partial charge in [-0.1, -0.05) is 158 Å². The minimum atomic E-state index is 0.627. The number of rotatable bonds is 6. The Bertz CT molecular complexity index is 3200. The summed E-state index contributed by atoms with van der Waals surface area (Å²) in [6.07, 6.45) is 0. The first-order chi connectivity index (χ1) is 27.7. The number of aromatic nitrogens is 4. The standard InChI is InChI=1S/C51H32N4O/c1-4-12-33(13-5-1)34-20-24-37(25-21-34)50-52-49(36-14-6-2-7-15-36)53-51(54-50)38-26-22-35(23-27-38)39-28-31-46-44(32-39)43-30-29-42-41-18-10-11-19-45(41)55(47(42)48(43)56-46)40-16-8-3-9-17-40/h1-32H.